The zero-order valence-electron chi connectivity index (χ0n) is 20.0. The van der Waals surface area contributed by atoms with Gasteiger partial charge in [0.15, 0.2) is 0 Å². The maximum absolute atomic E-state index is 13.2. The molecule has 1 amide bonds. The maximum Gasteiger partial charge on any atom is 0.234 e. The van der Waals surface area contributed by atoms with Gasteiger partial charge in [0.25, 0.3) is 0 Å². The van der Waals surface area contributed by atoms with Crippen molar-refractivity contribution in [1.29, 1.82) is 5.26 Å². The first-order chi connectivity index (χ1) is 16.9. The van der Waals surface area contributed by atoms with Crippen molar-refractivity contribution in [3.63, 3.8) is 0 Å². The van der Waals surface area contributed by atoms with Crippen LogP contribution >= 0.6 is 0 Å². The van der Waals surface area contributed by atoms with Gasteiger partial charge in [0.1, 0.15) is 5.82 Å². The molecule has 1 unspecified atom stereocenters. The molecule has 2 atom stereocenters. The number of amides is 1. The summed E-state index contributed by atoms with van der Waals surface area (Å²) < 4.78 is 3.43. The van der Waals surface area contributed by atoms with E-state index in [-0.39, 0.29) is 11.8 Å². The Balaban J connectivity index is 1.40. The van der Waals surface area contributed by atoms with Crippen molar-refractivity contribution in [1.82, 2.24) is 29.9 Å². The fourth-order valence-corrected chi connectivity index (χ4v) is 3.85. The van der Waals surface area contributed by atoms with E-state index in [1.54, 1.807) is 34.0 Å². The van der Waals surface area contributed by atoms with E-state index in [2.05, 4.69) is 38.8 Å². The number of nitrogens with zero attached hydrogens (tertiary/aromatic N) is 6. The Morgan fingerprint density at radius 2 is 1.69 bits per heavy atom. The first-order valence-corrected chi connectivity index (χ1v) is 11.4. The number of rotatable bonds is 9. The number of aromatic nitrogens is 5. The molecule has 178 valence electrons. The first kappa shape index (κ1) is 23.9. The van der Waals surface area contributed by atoms with Gasteiger partial charge in [-0.25, -0.2) is 4.98 Å². The molecule has 3 aromatic heterocycles. The van der Waals surface area contributed by atoms with Gasteiger partial charge >= 0.3 is 0 Å². The molecule has 0 aliphatic carbocycles. The highest BCUT2D eigenvalue weighted by molar-refractivity contribution is 5.95. The lowest BCUT2D eigenvalue weighted by atomic mass is 9.98. The van der Waals surface area contributed by atoms with Gasteiger partial charge in [0.05, 0.1) is 29.9 Å². The van der Waals surface area contributed by atoms with Gasteiger partial charge in [-0.15, -0.1) is 0 Å². The van der Waals surface area contributed by atoms with E-state index in [1.807, 2.05) is 56.8 Å². The van der Waals surface area contributed by atoms with Crippen LogP contribution in [-0.4, -0.2) is 43.5 Å². The van der Waals surface area contributed by atoms with Crippen molar-refractivity contribution in [3.05, 3.63) is 84.1 Å². The summed E-state index contributed by atoms with van der Waals surface area (Å²) in [4.78, 5) is 17.6. The molecule has 0 saturated carbocycles. The zero-order chi connectivity index (χ0) is 24.8. The van der Waals surface area contributed by atoms with Crippen LogP contribution in [-0.2, 0) is 18.9 Å². The van der Waals surface area contributed by atoms with Crippen molar-refractivity contribution >= 4 is 11.7 Å². The lowest BCUT2D eigenvalue weighted by Gasteiger charge is -2.18. The van der Waals surface area contributed by atoms with Crippen LogP contribution < -0.4 is 10.6 Å². The normalized spacial score (nSPS) is 12.6. The zero-order valence-corrected chi connectivity index (χ0v) is 20.0. The molecule has 0 aliphatic heterocycles. The fourth-order valence-electron chi connectivity index (χ4n) is 3.85. The molecule has 1 aromatic carbocycles. The Bertz CT molecular complexity index is 1310. The molecule has 3 heterocycles. The number of aryl methyl sites for hydroxylation is 2. The van der Waals surface area contributed by atoms with Crippen molar-refractivity contribution in [3.8, 4) is 17.2 Å². The van der Waals surface area contributed by atoms with Crippen molar-refractivity contribution in [2.75, 3.05) is 18.4 Å². The predicted molar refractivity (Wildman–Crippen MR) is 133 cm³/mol. The Hall–Kier alpha value is -4.29. The molecule has 4 aromatic rings. The summed E-state index contributed by atoms with van der Waals surface area (Å²) in [5.41, 5.74) is 4.50. The van der Waals surface area contributed by atoms with Crippen LogP contribution in [0.25, 0.3) is 11.1 Å². The smallest absolute Gasteiger partial charge is 0.234 e. The van der Waals surface area contributed by atoms with E-state index in [0.717, 1.165) is 22.3 Å². The molecule has 9 heteroatoms. The number of nitrogens with one attached hydrogen (secondary N) is 2. The summed E-state index contributed by atoms with van der Waals surface area (Å²) >= 11 is 0. The molecular formula is C26H28N8O. The van der Waals surface area contributed by atoms with Gasteiger partial charge in [0.2, 0.25) is 5.91 Å². The molecule has 9 nitrogen and oxygen atoms in total. The van der Waals surface area contributed by atoms with Crippen LogP contribution in [0.5, 0.6) is 0 Å². The van der Waals surface area contributed by atoms with Gasteiger partial charge in [-0.2, -0.15) is 15.5 Å². The summed E-state index contributed by atoms with van der Waals surface area (Å²) in [6.07, 6.45) is 8.99. The van der Waals surface area contributed by atoms with E-state index < -0.39 is 5.92 Å². The molecule has 2 N–H and O–H groups in total. The highest BCUT2D eigenvalue weighted by Gasteiger charge is 2.23. The van der Waals surface area contributed by atoms with Crippen LogP contribution in [0.1, 0.15) is 35.4 Å². The third kappa shape index (κ3) is 5.99. The first-order valence-electron chi connectivity index (χ1n) is 11.4. The SMILES string of the molecule is C[C@@H](CNCC(C(=O)Nc1ccc(-c2cnn(C)c2)cn1)c1cnn(C)c1)c1ccc(C#N)cc1. The number of nitriles is 1. The second-order valence-electron chi connectivity index (χ2n) is 8.62. The largest absolute Gasteiger partial charge is 0.315 e. The van der Waals surface area contributed by atoms with Gasteiger partial charge in [0, 0.05) is 62.5 Å². The van der Waals surface area contributed by atoms with Crippen molar-refractivity contribution in [2.45, 2.75) is 18.8 Å². The quantitative estimate of drug-likeness (QED) is 0.390. The number of carbonyl (C=O) groups excluding carboxylic acids is 1. The number of anilines is 1. The van der Waals surface area contributed by atoms with Gasteiger partial charge in [-0.05, 0) is 35.7 Å². The topological polar surface area (TPSA) is 113 Å². The number of benzene rings is 1. The lowest BCUT2D eigenvalue weighted by Crippen LogP contribution is -2.32. The summed E-state index contributed by atoms with van der Waals surface area (Å²) in [6, 6.07) is 13.4. The van der Waals surface area contributed by atoms with E-state index >= 15 is 0 Å². The third-order valence-corrected chi connectivity index (χ3v) is 5.90. The summed E-state index contributed by atoms with van der Waals surface area (Å²) in [5.74, 6) is 0.124. The minimum atomic E-state index is -0.434. The Kier molecular flexibility index (Phi) is 7.33. The van der Waals surface area contributed by atoms with E-state index in [4.69, 9.17) is 5.26 Å². The molecule has 0 fully saturated rings. The standard InChI is InChI=1S/C26H28N8O/c1-18(20-6-4-19(10-27)5-7-20)11-28-15-24(23-14-31-34(3)17-23)26(35)32-25-9-8-21(12-29-25)22-13-30-33(2)16-22/h4-9,12-14,16-18,24,28H,11,15H2,1-3H3,(H,29,32,35)/t18-,24?/m0/s1. The second-order valence-corrected chi connectivity index (χ2v) is 8.62. The van der Waals surface area contributed by atoms with Crippen molar-refractivity contribution in [2.24, 2.45) is 14.1 Å². The summed E-state index contributed by atoms with van der Waals surface area (Å²) in [7, 11) is 3.70. The van der Waals surface area contributed by atoms with E-state index in [0.29, 0.717) is 24.5 Å². The Morgan fingerprint density at radius 1 is 0.943 bits per heavy atom. The minimum Gasteiger partial charge on any atom is -0.315 e. The third-order valence-electron chi connectivity index (χ3n) is 5.90. The summed E-state index contributed by atoms with van der Waals surface area (Å²) in [5, 5.41) is 23.8. The van der Waals surface area contributed by atoms with Gasteiger partial charge < -0.3 is 10.6 Å². The molecule has 0 saturated heterocycles. The number of pyridine rings is 1. The molecule has 0 radical (unpaired) electrons. The van der Waals surface area contributed by atoms with Crippen LogP contribution in [0.2, 0.25) is 0 Å². The average Bonchev–Trinajstić information content (AvgIpc) is 3.50. The fraction of sp³-hybridized carbons (Fsp3) is 0.269. The van der Waals surface area contributed by atoms with E-state index in [9.17, 15) is 4.79 Å². The number of hydrogen-bond donors (Lipinski definition) is 2. The van der Waals surface area contributed by atoms with E-state index in [1.165, 1.54) is 0 Å². The van der Waals surface area contributed by atoms with Crippen LogP contribution in [0.15, 0.2) is 67.4 Å². The van der Waals surface area contributed by atoms with Gasteiger partial charge in [-0.1, -0.05) is 19.1 Å². The second kappa shape index (κ2) is 10.8. The molecular weight excluding hydrogens is 440 g/mol. The van der Waals surface area contributed by atoms with Gasteiger partial charge in [-0.3, -0.25) is 14.2 Å². The molecule has 0 bridgehead atoms. The predicted octanol–water partition coefficient (Wildman–Crippen LogP) is 3.20. The van der Waals surface area contributed by atoms with Crippen molar-refractivity contribution < 1.29 is 4.79 Å². The highest BCUT2D eigenvalue weighted by Crippen LogP contribution is 2.21. The number of carbonyl (C=O) groups is 1. The van der Waals surface area contributed by atoms with Crippen LogP contribution in [0.3, 0.4) is 0 Å². The Labute approximate surface area is 204 Å². The molecule has 4 rings (SSSR count). The monoisotopic (exact) mass is 468 g/mol. The van der Waals surface area contributed by atoms with Crippen LogP contribution in [0, 0.1) is 11.3 Å². The minimum absolute atomic E-state index is 0.154. The Morgan fingerprint density at radius 3 is 2.29 bits per heavy atom. The maximum atomic E-state index is 13.2. The lowest BCUT2D eigenvalue weighted by molar-refractivity contribution is -0.117. The molecule has 35 heavy (non-hydrogen) atoms. The average molecular weight is 469 g/mol. The molecule has 0 aliphatic rings. The number of hydrogen-bond acceptors (Lipinski definition) is 6. The highest BCUT2D eigenvalue weighted by atomic mass is 16.2. The summed E-state index contributed by atoms with van der Waals surface area (Å²) in [6.45, 7) is 3.25. The van der Waals surface area contributed by atoms with Crippen LogP contribution in [0.4, 0.5) is 5.82 Å². The molecule has 0 spiro atoms.